The summed E-state index contributed by atoms with van der Waals surface area (Å²) in [6.07, 6.45) is 4.64. The molecule has 0 fully saturated rings. The topological polar surface area (TPSA) is 23.8 Å². The van der Waals surface area contributed by atoms with Gasteiger partial charge in [-0.05, 0) is 0 Å². The molecule has 0 atom stereocenters. The van der Waals surface area contributed by atoms with Crippen molar-refractivity contribution in [2.45, 2.75) is 27.2 Å². The van der Waals surface area contributed by atoms with Crippen LogP contribution in [0.15, 0.2) is 0 Å². The normalized spacial score (nSPS) is 12.6. The maximum absolute atomic E-state index is 8.92. The van der Waals surface area contributed by atoms with E-state index in [0.29, 0.717) is 0 Å². The van der Waals surface area contributed by atoms with Crippen LogP contribution in [-0.2, 0) is 0 Å². The molecule has 0 saturated carbocycles. The molecule has 0 bridgehead atoms. The minimum absolute atomic E-state index is 1.13. The second kappa shape index (κ2) is 4.69. The molecule has 0 aromatic carbocycles. The van der Waals surface area contributed by atoms with E-state index in [9.17, 15) is 0 Å². The summed E-state index contributed by atoms with van der Waals surface area (Å²) >= 11 is 0. The first-order valence-corrected chi connectivity index (χ1v) is 6.78. The number of rotatable bonds is 4. The van der Waals surface area contributed by atoms with Crippen LogP contribution in [0.2, 0.25) is 0 Å². The fourth-order valence-electron chi connectivity index (χ4n) is 1.30. The molecule has 0 aliphatic carbocycles. The third-order valence-electron chi connectivity index (χ3n) is 2.32. The molecule has 0 rings (SSSR count). The van der Waals surface area contributed by atoms with Crippen LogP contribution in [0.1, 0.15) is 27.2 Å². The molecule has 2 heteroatoms. The molecule has 0 amide bonds. The van der Waals surface area contributed by atoms with Crippen molar-refractivity contribution in [1.82, 2.24) is 0 Å². The predicted octanol–water partition coefficient (Wildman–Crippen LogP) is 2.67. The van der Waals surface area contributed by atoms with Crippen LogP contribution < -0.4 is 0 Å². The number of nitrogens with zero attached hydrogens (tertiary/aromatic N) is 1. The van der Waals surface area contributed by atoms with Gasteiger partial charge in [0.2, 0.25) is 0 Å². The summed E-state index contributed by atoms with van der Waals surface area (Å²) in [5.74, 6) is 2.55. The minimum atomic E-state index is -1.41. The van der Waals surface area contributed by atoms with E-state index in [1.807, 2.05) is 0 Å². The van der Waals surface area contributed by atoms with Gasteiger partial charge in [-0.15, -0.1) is 0 Å². The first-order chi connectivity index (χ1) is 4.74. The first-order valence-electron chi connectivity index (χ1n) is 4.16. The van der Waals surface area contributed by atoms with Crippen LogP contribution in [0, 0.1) is 11.1 Å². The van der Waals surface area contributed by atoms with Crippen molar-refractivity contribution in [3.8, 4) is 5.81 Å². The first kappa shape index (κ1) is 9.92. The van der Waals surface area contributed by atoms with Gasteiger partial charge in [-0.25, -0.2) is 0 Å². The van der Waals surface area contributed by atoms with Gasteiger partial charge < -0.3 is 0 Å². The van der Waals surface area contributed by atoms with Gasteiger partial charge in [-0.3, -0.25) is 0 Å². The Morgan fingerprint density at radius 2 is 1.70 bits per heavy atom. The Kier molecular flexibility index (Phi) is 4.65. The predicted molar refractivity (Wildman–Crippen MR) is 50.2 cm³/mol. The zero-order chi connectivity index (χ0) is 8.04. The molecule has 1 nitrogen and oxygen atoms in total. The Morgan fingerprint density at radius 3 is 1.80 bits per heavy atom. The van der Waals surface area contributed by atoms with E-state index >= 15 is 0 Å². The molecule has 60 valence electrons. The zero-order valence-electron chi connectivity index (χ0n) is 7.28. The molecule has 10 heavy (non-hydrogen) atoms. The number of hydrogen-bond donors (Lipinski definition) is 0. The van der Waals surface area contributed by atoms with Gasteiger partial charge in [0, 0.05) is 0 Å². The van der Waals surface area contributed by atoms with Crippen LogP contribution >= 0.6 is 7.26 Å². The van der Waals surface area contributed by atoms with E-state index in [0.717, 1.165) is 12.3 Å². The molecule has 0 aromatic heterocycles. The van der Waals surface area contributed by atoms with Crippen LogP contribution in [0.4, 0.5) is 0 Å². The van der Waals surface area contributed by atoms with E-state index in [4.69, 9.17) is 5.26 Å². The van der Waals surface area contributed by atoms with Gasteiger partial charge >= 0.3 is 64.0 Å². The molecule has 0 aliphatic heterocycles. The molecule has 0 unspecified atom stereocenters. The molecule has 0 saturated heterocycles. The average Bonchev–Trinajstić information content (AvgIpc) is 2.01. The van der Waals surface area contributed by atoms with Crippen LogP contribution in [0.25, 0.3) is 0 Å². The molecule has 0 spiro atoms. The second-order valence-electron chi connectivity index (χ2n) is 2.85. The Balaban J connectivity index is 4.05. The molecule has 0 heterocycles. The van der Waals surface area contributed by atoms with Crippen LogP contribution in [-0.4, -0.2) is 18.5 Å². The number of nitriles is 1. The third-order valence-corrected chi connectivity index (χ3v) is 6.96. The fourth-order valence-corrected chi connectivity index (χ4v) is 3.89. The molecule has 0 radical (unpaired) electrons. The van der Waals surface area contributed by atoms with Crippen molar-refractivity contribution in [3.63, 3.8) is 0 Å². The maximum atomic E-state index is 8.92. The van der Waals surface area contributed by atoms with Gasteiger partial charge in [-0.1, -0.05) is 0 Å². The van der Waals surface area contributed by atoms with Crippen molar-refractivity contribution < 1.29 is 0 Å². The standard InChI is InChI=1S/C8H18NP/c1-4-7-10(5-2,6-3)8-9/h10H,4-7H2,1-3H3. The fraction of sp³-hybridized carbons (Fsp3) is 0.875. The van der Waals surface area contributed by atoms with Crippen molar-refractivity contribution in [3.05, 3.63) is 0 Å². The van der Waals surface area contributed by atoms with Crippen LogP contribution in [0.3, 0.4) is 0 Å². The third kappa shape index (κ3) is 2.27. The van der Waals surface area contributed by atoms with E-state index in [1.54, 1.807) is 0 Å². The van der Waals surface area contributed by atoms with Crippen LogP contribution in [0.5, 0.6) is 0 Å². The summed E-state index contributed by atoms with van der Waals surface area (Å²) in [6.45, 7) is 6.49. The Hall–Kier alpha value is -0.0800. The summed E-state index contributed by atoms with van der Waals surface area (Å²) in [5, 5.41) is 8.92. The zero-order valence-corrected chi connectivity index (χ0v) is 8.28. The van der Waals surface area contributed by atoms with Crippen molar-refractivity contribution in [1.29, 1.82) is 5.26 Å². The summed E-state index contributed by atoms with van der Waals surface area (Å²) in [4.78, 5) is 0. The van der Waals surface area contributed by atoms with Gasteiger partial charge in [-0.2, -0.15) is 0 Å². The Morgan fingerprint density at radius 1 is 1.20 bits per heavy atom. The summed E-state index contributed by atoms with van der Waals surface area (Å²) in [7, 11) is -1.41. The molecular weight excluding hydrogens is 141 g/mol. The molecule has 0 aromatic rings. The van der Waals surface area contributed by atoms with Gasteiger partial charge in [0.1, 0.15) is 0 Å². The Bertz CT molecular complexity index is 122. The van der Waals surface area contributed by atoms with E-state index < -0.39 is 7.26 Å². The Labute approximate surface area is 64.8 Å². The molecular formula is C8H18NP. The molecule has 0 aliphatic rings. The van der Waals surface area contributed by atoms with Gasteiger partial charge in [0.15, 0.2) is 0 Å². The monoisotopic (exact) mass is 159 g/mol. The van der Waals surface area contributed by atoms with E-state index in [-0.39, 0.29) is 0 Å². The van der Waals surface area contributed by atoms with Crippen molar-refractivity contribution in [2.24, 2.45) is 0 Å². The average molecular weight is 159 g/mol. The van der Waals surface area contributed by atoms with E-state index in [2.05, 4.69) is 26.6 Å². The summed E-state index contributed by atoms with van der Waals surface area (Å²) < 4.78 is 0. The quantitative estimate of drug-likeness (QED) is 0.578. The molecule has 0 N–H and O–H groups in total. The van der Waals surface area contributed by atoms with Crippen molar-refractivity contribution >= 4 is 7.26 Å². The van der Waals surface area contributed by atoms with Gasteiger partial charge in [0.25, 0.3) is 0 Å². The SMILES string of the molecule is CCC[PH](C#N)(CC)CC. The summed E-state index contributed by atoms with van der Waals surface area (Å²) in [6, 6.07) is 0. The number of hydrogen-bond acceptors (Lipinski definition) is 1. The summed E-state index contributed by atoms with van der Waals surface area (Å²) in [5.41, 5.74) is 0. The van der Waals surface area contributed by atoms with Gasteiger partial charge in [0.05, 0.1) is 0 Å². The van der Waals surface area contributed by atoms with E-state index in [1.165, 1.54) is 12.6 Å². The van der Waals surface area contributed by atoms with Crippen molar-refractivity contribution in [2.75, 3.05) is 18.5 Å². The second-order valence-corrected chi connectivity index (χ2v) is 7.55.